The second kappa shape index (κ2) is 7.89. The van der Waals surface area contributed by atoms with E-state index in [2.05, 4.69) is 0 Å². The van der Waals surface area contributed by atoms with Crippen LogP contribution >= 0.6 is 46.4 Å². The molecule has 0 unspecified atom stereocenters. The summed E-state index contributed by atoms with van der Waals surface area (Å²) in [7, 11) is 0. The summed E-state index contributed by atoms with van der Waals surface area (Å²) in [5.74, 6) is 0.516. The Bertz CT molecular complexity index is 726. The van der Waals surface area contributed by atoms with Gasteiger partial charge in [-0.3, -0.25) is 4.79 Å². The Morgan fingerprint density at radius 2 is 1.82 bits per heavy atom. The topological polar surface area (TPSA) is 26.3 Å². The number of hydrogen-bond acceptors (Lipinski definition) is 2. The van der Waals surface area contributed by atoms with Crippen LogP contribution in [-0.2, 0) is 11.4 Å². The second-order valence-electron chi connectivity index (χ2n) is 4.35. The van der Waals surface area contributed by atoms with E-state index >= 15 is 0 Å². The highest BCUT2D eigenvalue weighted by Crippen LogP contribution is 2.28. The molecule has 0 atom stereocenters. The molecule has 2 aromatic carbocycles. The summed E-state index contributed by atoms with van der Waals surface area (Å²) in [5, 5.41) is 0.976. The van der Waals surface area contributed by atoms with E-state index in [1.165, 1.54) is 6.08 Å². The second-order valence-corrected chi connectivity index (χ2v) is 5.98. The third-order valence-electron chi connectivity index (χ3n) is 2.76. The number of carbonyl (C=O) groups excluding carboxylic acids is 1. The fourth-order valence-electron chi connectivity index (χ4n) is 1.69. The average molecular weight is 376 g/mol. The maximum atomic E-state index is 10.7. The summed E-state index contributed by atoms with van der Waals surface area (Å²) in [4.78, 5) is 10.7. The molecule has 0 saturated heterocycles. The van der Waals surface area contributed by atoms with Crippen LogP contribution < -0.4 is 4.74 Å². The van der Waals surface area contributed by atoms with Gasteiger partial charge in [0.1, 0.15) is 12.4 Å². The van der Waals surface area contributed by atoms with Gasteiger partial charge in [0.15, 0.2) is 0 Å². The predicted molar refractivity (Wildman–Crippen MR) is 92.1 cm³/mol. The largest absolute Gasteiger partial charge is 0.487 e. The molecule has 0 aliphatic heterocycles. The molecule has 2 aromatic rings. The molecular formula is C16H10Cl4O2. The third-order valence-corrected chi connectivity index (χ3v) is 3.77. The highest BCUT2D eigenvalue weighted by Gasteiger charge is 2.06. The fraction of sp³-hybridized carbons (Fsp3) is 0.0625. The maximum absolute atomic E-state index is 10.7. The molecule has 114 valence electrons. The highest BCUT2D eigenvalue weighted by atomic mass is 35.5. The zero-order valence-electron chi connectivity index (χ0n) is 11.2. The molecule has 6 heteroatoms. The van der Waals surface area contributed by atoms with E-state index < -0.39 is 5.24 Å². The first-order valence-electron chi connectivity index (χ1n) is 6.19. The van der Waals surface area contributed by atoms with E-state index in [4.69, 9.17) is 51.1 Å². The van der Waals surface area contributed by atoms with E-state index in [1.807, 2.05) is 0 Å². The number of rotatable bonds is 5. The van der Waals surface area contributed by atoms with Gasteiger partial charge in [-0.1, -0.05) is 53.0 Å². The molecule has 0 heterocycles. The number of hydrogen-bond donors (Lipinski definition) is 0. The van der Waals surface area contributed by atoms with Crippen LogP contribution in [-0.4, -0.2) is 5.24 Å². The Morgan fingerprint density at radius 3 is 2.45 bits per heavy atom. The van der Waals surface area contributed by atoms with Crippen molar-refractivity contribution in [3.63, 3.8) is 0 Å². The van der Waals surface area contributed by atoms with E-state index in [-0.39, 0.29) is 6.61 Å². The van der Waals surface area contributed by atoms with Gasteiger partial charge in [-0.25, -0.2) is 0 Å². The highest BCUT2D eigenvalue weighted by molar-refractivity contribution is 6.66. The monoisotopic (exact) mass is 374 g/mol. The van der Waals surface area contributed by atoms with Crippen molar-refractivity contribution in [2.45, 2.75) is 6.61 Å². The molecule has 0 aromatic heterocycles. The Morgan fingerprint density at radius 1 is 1.05 bits per heavy atom. The lowest BCUT2D eigenvalue weighted by Crippen LogP contribution is -1.97. The summed E-state index contributed by atoms with van der Waals surface area (Å²) >= 11 is 23.3. The van der Waals surface area contributed by atoms with Gasteiger partial charge in [-0.05, 0) is 47.5 Å². The zero-order valence-corrected chi connectivity index (χ0v) is 14.2. The number of allylic oxidation sites excluding steroid dienone is 1. The zero-order chi connectivity index (χ0) is 16.1. The van der Waals surface area contributed by atoms with Crippen molar-refractivity contribution in [3.05, 3.63) is 68.7 Å². The lowest BCUT2D eigenvalue weighted by Gasteiger charge is -2.10. The molecule has 0 aliphatic rings. The van der Waals surface area contributed by atoms with E-state index in [1.54, 1.807) is 42.5 Å². The molecule has 0 saturated carbocycles. The smallest absolute Gasteiger partial charge is 0.245 e. The molecule has 0 spiro atoms. The number of ether oxygens (including phenoxy) is 1. The lowest BCUT2D eigenvalue weighted by atomic mass is 10.2. The summed E-state index contributed by atoms with van der Waals surface area (Å²) < 4.78 is 5.65. The molecule has 0 bridgehead atoms. The van der Waals surface area contributed by atoms with Crippen LogP contribution in [0.5, 0.6) is 5.75 Å². The van der Waals surface area contributed by atoms with Gasteiger partial charge in [-0.15, -0.1) is 0 Å². The van der Waals surface area contributed by atoms with Crippen molar-refractivity contribution < 1.29 is 9.53 Å². The third kappa shape index (κ3) is 4.92. The number of carbonyl (C=O) groups is 1. The van der Waals surface area contributed by atoms with Gasteiger partial charge in [0.25, 0.3) is 0 Å². The van der Waals surface area contributed by atoms with Crippen molar-refractivity contribution in [2.24, 2.45) is 0 Å². The van der Waals surface area contributed by atoms with Gasteiger partial charge < -0.3 is 4.74 Å². The Balaban J connectivity index is 2.08. The van der Waals surface area contributed by atoms with Crippen LogP contribution in [0.25, 0.3) is 6.08 Å². The number of halogens is 4. The van der Waals surface area contributed by atoms with E-state index in [9.17, 15) is 4.79 Å². The van der Waals surface area contributed by atoms with Gasteiger partial charge in [0, 0.05) is 15.6 Å². The van der Waals surface area contributed by atoms with Crippen LogP contribution in [0.2, 0.25) is 15.1 Å². The number of benzene rings is 2. The van der Waals surface area contributed by atoms with Crippen molar-refractivity contribution in [1.29, 1.82) is 0 Å². The van der Waals surface area contributed by atoms with Gasteiger partial charge in [-0.2, -0.15) is 0 Å². The Hall–Kier alpha value is -1.19. The van der Waals surface area contributed by atoms with Crippen LogP contribution in [0.4, 0.5) is 0 Å². The molecule has 2 rings (SSSR count). The standard InChI is InChI=1S/C16H10Cl4O2/c17-12-4-3-11(13(18)8-12)9-22-15-5-1-10(7-14(15)19)2-6-16(20)21/h1-8H,9H2/b6-2+. The molecule has 0 amide bonds. The van der Waals surface area contributed by atoms with Crippen LogP contribution in [0.3, 0.4) is 0 Å². The Labute approximate surface area is 148 Å². The summed E-state index contributed by atoms with van der Waals surface area (Å²) in [6, 6.07) is 10.3. The summed E-state index contributed by atoms with van der Waals surface area (Å²) in [6.45, 7) is 0.269. The average Bonchev–Trinajstić information content (AvgIpc) is 2.45. The predicted octanol–water partition coefficient (Wildman–Crippen LogP) is 6.00. The Kier molecular flexibility index (Phi) is 6.16. The summed E-state index contributed by atoms with van der Waals surface area (Å²) in [6.07, 6.45) is 2.82. The first-order valence-corrected chi connectivity index (χ1v) is 7.71. The van der Waals surface area contributed by atoms with Crippen molar-refractivity contribution in [2.75, 3.05) is 0 Å². The van der Waals surface area contributed by atoms with Crippen LogP contribution in [0.15, 0.2) is 42.5 Å². The van der Waals surface area contributed by atoms with Gasteiger partial charge in [0.05, 0.1) is 5.02 Å². The van der Waals surface area contributed by atoms with Crippen molar-refractivity contribution >= 4 is 57.7 Å². The van der Waals surface area contributed by atoms with Gasteiger partial charge in [0.2, 0.25) is 5.24 Å². The fourth-order valence-corrected chi connectivity index (χ4v) is 2.46. The molecule has 0 aliphatic carbocycles. The first-order chi connectivity index (χ1) is 10.5. The van der Waals surface area contributed by atoms with Crippen LogP contribution in [0, 0.1) is 0 Å². The van der Waals surface area contributed by atoms with Crippen LogP contribution in [0.1, 0.15) is 11.1 Å². The van der Waals surface area contributed by atoms with Crippen molar-refractivity contribution in [1.82, 2.24) is 0 Å². The quantitative estimate of drug-likeness (QED) is 0.472. The first kappa shape index (κ1) is 17.2. The van der Waals surface area contributed by atoms with E-state index in [0.29, 0.717) is 20.8 Å². The lowest BCUT2D eigenvalue weighted by molar-refractivity contribution is -0.107. The van der Waals surface area contributed by atoms with Gasteiger partial charge >= 0.3 is 0 Å². The summed E-state index contributed by atoms with van der Waals surface area (Å²) in [5.41, 5.74) is 1.55. The molecule has 0 N–H and O–H groups in total. The van der Waals surface area contributed by atoms with Crippen molar-refractivity contribution in [3.8, 4) is 5.75 Å². The SMILES string of the molecule is O=C(Cl)/C=C/c1ccc(OCc2ccc(Cl)cc2Cl)c(Cl)c1. The van der Waals surface area contributed by atoms with E-state index in [0.717, 1.165) is 11.1 Å². The molecule has 0 radical (unpaired) electrons. The molecule has 22 heavy (non-hydrogen) atoms. The molecular weight excluding hydrogens is 366 g/mol. The molecule has 2 nitrogen and oxygen atoms in total. The normalized spacial score (nSPS) is 10.9. The minimum Gasteiger partial charge on any atom is -0.487 e. The maximum Gasteiger partial charge on any atom is 0.245 e. The molecule has 0 fully saturated rings. The minimum atomic E-state index is -0.547. The minimum absolute atomic E-state index is 0.269.